The molecule has 2 aliphatic heterocycles. The van der Waals surface area contributed by atoms with Gasteiger partial charge in [-0.2, -0.15) is 0 Å². The average Bonchev–Trinajstić information content (AvgIpc) is 3.91. The number of amides is 1. The fourth-order valence-electron chi connectivity index (χ4n) is 7.35. The van der Waals surface area contributed by atoms with E-state index in [0.29, 0.717) is 18.0 Å². The smallest absolute Gasteiger partial charge is 0.407 e. The van der Waals surface area contributed by atoms with Gasteiger partial charge in [-0.15, -0.1) is 0 Å². The minimum atomic E-state index is -0.366. The van der Waals surface area contributed by atoms with Gasteiger partial charge in [0.15, 0.2) is 0 Å². The average molecular weight is 631 g/mol. The van der Waals surface area contributed by atoms with Gasteiger partial charge in [0.05, 0.1) is 31.1 Å². The van der Waals surface area contributed by atoms with Crippen LogP contribution in [-0.4, -0.2) is 58.7 Å². The van der Waals surface area contributed by atoms with Crippen molar-refractivity contribution in [1.82, 2.24) is 30.5 Å². The van der Waals surface area contributed by atoms with Crippen LogP contribution in [0.2, 0.25) is 0 Å². The lowest BCUT2D eigenvalue weighted by Crippen LogP contribution is -2.46. The van der Waals surface area contributed by atoms with Crippen molar-refractivity contribution in [3.8, 4) is 33.6 Å². The molecule has 8 heteroatoms. The molecule has 2 aromatic heterocycles. The molecular weight excluding hydrogens is 584 g/mol. The number of methoxy groups -OCH3 is 1. The predicted molar refractivity (Wildman–Crippen MR) is 189 cm³/mol. The number of carbonyl (C=O) groups is 1. The van der Waals surface area contributed by atoms with E-state index in [9.17, 15) is 4.79 Å². The van der Waals surface area contributed by atoms with Crippen molar-refractivity contribution in [2.45, 2.75) is 64.6 Å². The number of aromatic amines is 2. The molecule has 0 spiro atoms. The van der Waals surface area contributed by atoms with Crippen LogP contribution < -0.4 is 10.6 Å². The van der Waals surface area contributed by atoms with Gasteiger partial charge in [-0.05, 0) is 108 Å². The Balaban J connectivity index is 1.07. The van der Waals surface area contributed by atoms with Crippen molar-refractivity contribution in [2.24, 2.45) is 5.92 Å². The molecule has 2 saturated heterocycles. The zero-order chi connectivity index (χ0) is 32.5. The Labute approximate surface area is 277 Å². The van der Waals surface area contributed by atoms with Gasteiger partial charge in [-0.25, -0.2) is 9.78 Å². The Morgan fingerprint density at radius 1 is 0.915 bits per heavy atom. The fraction of sp³-hybridized carbons (Fsp3) is 0.385. The molecule has 5 aromatic rings. The third-order valence-corrected chi connectivity index (χ3v) is 10.1. The van der Waals surface area contributed by atoms with Gasteiger partial charge in [0, 0.05) is 24.0 Å². The van der Waals surface area contributed by atoms with Gasteiger partial charge >= 0.3 is 6.09 Å². The van der Waals surface area contributed by atoms with E-state index in [4.69, 9.17) is 4.74 Å². The first-order chi connectivity index (χ1) is 22.9. The maximum absolute atomic E-state index is 12.0. The molecule has 4 N–H and O–H groups in total. The van der Waals surface area contributed by atoms with Crippen LogP contribution in [0.15, 0.2) is 72.9 Å². The zero-order valence-corrected chi connectivity index (χ0v) is 27.9. The number of hydrogen-bond donors (Lipinski definition) is 4. The summed E-state index contributed by atoms with van der Waals surface area (Å²) in [6.07, 6.45) is 6.17. The molecule has 2 fully saturated rings. The highest BCUT2D eigenvalue weighted by molar-refractivity contribution is 5.90. The van der Waals surface area contributed by atoms with Crippen LogP contribution in [0.4, 0.5) is 4.79 Å². The number of aryl methyl sites for hydroxylation is 1. The van der Waals surface area contributed by atoms with Gasteiger partial charge < -0.3 is 25.3 Å². The molecule has 3 atom stereocenters. The molecule has 47 heavy (non-hydrogen) atoms. The number of nitrogens with one attached hydrogen (secondary N) is 4. The van der Waals surface area contributed by atoms with E-state index in [0.717, 1.165) is 61.7 Å². The van der Waals surface area contributed by atoms with Crippen molar-refractivity contribution < 1.29 is 9.53 Å². The number of aromatic nitrogens is 3. The molecule has 4 heterocycles. The number of alkyl carbamates (subject to hydrolysis) is 1. The molecule has 3 unspecified atom stereocenters. The number of nitrogens with zero attached hydrogens (tertiary/aromatic N) is 2. The second-order valence-corrected chi connectivity index (χ2v) is 13.6. The molecule has 7 rings (SSSR count). The molecule has 0 radical (unpaired) electrons. The van der Waals surface area contributed by atoms with Crippen molar-refractivity contribution in [3.63, 3.8) is 0 Å². The molecule has 244 valence electrons. The molecule has 8 nitrogen and oxygen atoms in total. The van der Waals surface area contributed by atoms with E-state index in [1.54, 1.807) is 0 Å². The van der Waals surface area contributed by atoms with Crippen LogP contribution in [-0.2, 0) is 4.74 Å². The third-order valence-electron chi connectivity index (χ3n) is 10.1. The van der Waals surface area contributed by atoms with Gasteiger partial charge in [-0.1, -0.05) is 62.4 Å². The molecule has 1 amide bonds. The lowest BCUT2D eigenvalue weighted by Gasteiger charge is -2.31. The SMILES string of the molecule is COC(=O)NC(CN1CCCC1c1[nH]c(-c2ccc3cc(-c4ccc(-c5cnc(C6CCCN6)[nH]5)cc4)ccc3c2)cc1C)C(C)C. The van der Waals surface area contributed by atoms with Crippen LogP contribution in [0, 0.1) is 12.8 Å². The Morgan fingerprint density at radius 2 is 1.64 bits per heavy atom. The van der Waals surface area contributed by atoms with Gasteiger partial charge in [-0.3, -0.25) is 4.90 Å². The summed E-state index contributed by atoms with van der Waals surface area (Å²) in [7, 11) is 1.42. The first kappa shape index (κ1) is 31.2. The number of H-pyrrole nitrogens is 2. The molecule has 3 aromatic carbocycles. The Bertz CT molecular complexity index is 1850. The normalized spacial score (nSPS) is 19.1. The molecular formula is C39H46N6O2. The number of rotatable bonds is 9. The maximum atomic E-state index is 12.0. The lowest BCUT2D eigenvalue weighted by molar-refractivity contribution is 0.150. The van der Waals surface area contributed by atoms with E-state index in [1.165, 1.54) is 52.3 Å². The van der Waals surface area contributed by atoms with Crippen LogP contribution in [0.25, 0.3) is 44.4 Å². The Hall–Kier alpha value is -4.40. The summed E-state index contributed by atoms with van der Waals surface area (Å²) in [5.74, 6) is 1.34. The summed E-state index contributed by atoms with van der Waals surface area (Å²) >= 11 is 0. The largest absolute Gasteiger partial charge is 0.453 e. The standard InChI is InChI=1S/C39H46N6O2/c1-24(2)35(44-39(46)47-4)23-45-18-6-8-36(45)37-25(3)19-33(42-37)31-16-15-29-20-28(13-14-30(29)21-31)26-9-11-27(12-10-26)34-22-41-38(43-34)32-7-5-17-40-32/h9-16,19-22,24,32,35-36,40,42H,5-8,17-18,23H2,1-4H3,(H,41,43)(H,44,46). The summed E-state index contributed by atoms with van der Waals surface area (Å²) in [4.78, 5) is 26.4. The summed E-state index contributed by atoms with van der Waals surface area (Å²) < 4.78 is 4.89. The number of likely N-dealkylation sites (tertiary alicyclic amines) is 1. The number of fused-ring (bicyclic) bond motifs is 1. The van der Waals surface area contributed by atoms with E-state index in [2.05, 4.69) is 118 Å². The maximum Gasteiger partial charge on any atom is 0.407 e. The first-order valence-electron chi connectivity index (χ1n) is 17.1. The minimum absolute atomic E-state index is 0.0321. The van der Waals surface area contributed by atoms with Crippen molar-refractivity contribution in [2.75, 3.05) is 26.7 Å². The summed E-state index contributed by atoms with van der Waals surface area (Å²) in [5, 5.41) is 9.00. The van der Waals surface area contributed by atoms with Crippen LogP contribution in [0.5, 0.6) is 0 Å². The lowest BCUT2D eigenvalue weighted by atomic mass is 9.98. The number of hydrogen-bond acceptors (Lipinski definition) is 5. The summed E-state index contributed by atoms with van der Waals surface area (Å²) in [5.41, 5.74) is 9.50. The molecule has 0 bridgehead atoms. The van der Waals surface area contributed by atoms with E-state index < -0.39 is 0 Å². The minimum Gasteiger partial charge on any atom is -0.453 e. The second kappa shape index (κ2) is 13.4. The van der Waals surface area contributed by atoms with Crippen molar-refractivity contribution in [3.05, 3.63) is 90.0 Å². The van der Waals surface area contributed by atoms with Gasteiger partial charge in [0.1, 0.15) is 5.82 Å². The molecule has 2 aliphatic rings. The van der Waals surface area contributed by atoms with Gasteiger partial charge in [0.2, 0.25) is 0 Å². The summed E-state index contributed by atoms with van der Waals surface area (Å²) in [6, 6.07) is 25.2. The Morgan fingerprint density at radius 3 is 2.36 bits per heavy atom. The van der Waals surface area contributed by atoms with Crippen LogP contribution >= 0.6 is 0 Å². The Kier molecular flexibility index (Phi) is 8.88. The quantitative estimate of drug-likeness (QED) is 0.132. The summed E-state index contributed by atoms with van der Waals surface area (Å²) in [6.45, 7) is 9.38. The number of ether oxygens (including phenoxy) is 1. The van der Waals surface area contributed by atoms with Crippen molar-refractivity contribution >= 4 is 16.9 Å². The second-order valence-electron chi connectivity index (χ2n) is 13.6. The number of benzene rings is 3. The fourth-order valence-corrected chi connectivity index (χ4v) is 7.35. The highest BCUT2D eigenvalue weighted by Crippen LogP contribution is 2.37. The van der Waals surface area contributed by atoms with Crippen LogP contribution in [0.3, 0.4) is 0 Å². The third kappa shape index (κ3) is 6.58. The highest BCUT2D eigenvalue weighted by Gasteiger charge is 2.32. The van der Waals surface area contributed by atoms with E-state index in [1.807, 2.05) is 6.20 Å². The zero-order valence-electron chi connectivity index (χ0n) is 27.9. The molecule has 0 aliphatic carbocycles. The number of carbonyl (C=O) groups excluding carboxylic acids is 1. The molecule has 0 saturated carbocycles. The predicted octanol–water partition coefficient (Wildman–Crippen LogP) is 8.14. The van der Waals surface area contributed by atoms with Gasteiger partial charge in [0.25, 0.3) is 0 Å². The topological polar surface area (TPSA) is 98.1 Å². The first-order valence-corrected chi connectivity index (χ1v) is 17.1. The highest BCUT2D eigenvalue weighted by atomic mass is 16.5. The van der Waals surface area contributed by atoms with E-state index in [-0.39, 0.29) is 12.1 Å². The van der Waals surface area contributed by atoms with Crippen molar-refractivity contribution in [1.29, 1.82) is 0 Å². The van der Waals surface area contributed by atoms with Crippen LogP contribution in [0.1, 0.15) is 68.7 Å². The van der Waals surface area contributed by atoms with E-state index >= 15 is 0 Å². The monoisotopic (exact) mass is 630 g/mol. The number of imidazole rings is 1.